The van der Waals surface area contributed by atoms with Crippen molar-refractivity contribution >= 4 is 43.5 Å². The summed E-state index contributed by atoms with van der Waals surface area (Å²) in [5.74, 6) is 0.0322. The van der Waals surface area contributed by atoms with E-state index in [9.17, 15) is 4.39 Å². The summed E-state index contributed by atoms with van der Waals surface area (Å²) in [5.41, 5.74) is 0. The van der Waals surface area contributed by atoms with Gasteiger partial charge in [-0.25, -0.2) is 14.4 Å². The Morgan fingerprint density at radius 1 is 1.18 bits per heavy atom. The highest BCUT2D eigenvalue weighted by atomic mass is 79.9. The summed E-state index contributed by atoms with van der Waals surface area (Å²) in [6.45, 7) is 0. The second-order valence-electron chi connectivity index (χ2n) is 2.98. The van der Waals surface area contributed by atoms with E-state index < -0.39 is 5.82 Å². The Bertz CT molecular complexity index is 568. The quantitative estimate of drug-likeness (QED) is 0.563. The van der Waals surface area contributed by atoms with E-state index in [1.807, 2.05) is 0 Å². The first-order chi connectivity index (χ1) is 8.06. The first kappa shape index (κ1) is 12.7. The first-order valence-corrected chi connectivity index (χ1v) is 6.32. The van der Waals surface area contributed by atoms with Crippen molar-refractivity contribution in [2.45, 2.75) is 0 Å². The smallest absolute Gasteiger partial charge is 0.223 e. The van der Waals surface area contributed by atoms with Gasteiger partial charge < -0.3 is 4.74 Å². The van der Waals surface area contributed by atoms with Gasteiger partial charge in [-0.1, -0.05) is 11.6 Å². The minimum absolute atomic E-state index is 0.0214. The van der Waals surface area contributed by atoms with Crippen LogP contribution in [0.4, 0.5) is 4.39 Å². The molecule has 88 valence electrons. The summed E-state index contributed by atoms with van der Waals surface area (Å²) >= 11 is 12.0. The molecule has 0 aliphatic carbocycles. The molecule has 0 bridgehead atoms. The van der Waals surface area contributed by atoms with Crippen LogP contribution in [0, 0.1) is 5.82 Å². The molecule has 0 amide bonds. The van der Waals surface area contributed by atoms with Crippen molar-refractivity contribution < 1.29 is 9.13 Å². The fourth-order valence-electron chi connectivity index (χ4n) is 1.07. The van der Waals surface area contributed by atoms with Gasteiger partial charge >= 0.3 is 0 Å². The van der Waals surface area contributed by atoms with Crippen LogP contribution in [0.5, 0.6) is 11.6 Å². The zero-order valence-corrected chi connectivity index (χ0v) is 12.1. The molecule has 0 unspecified atom stereocenters. The maximum atomic E-state index is 13.3. The minimum Gasteiger partial charge on any atom is -0.438 e. The third-order valence-corrected chi connectivity index (χ3v) is 3.14. The van der Waals surface area contributed by atoms with E-state index in [2.05, 4.69) is 41.8 Å². The predicted octanol–water partition coefficient (Wildman–Crippen LogP) is 4.59. The summed E-state index contributed by atoms with van der Waals surface area (Å²) in [4.78, 5) is 7.74. The van der Waals surface area contributed by atoms with Gasteiger partial charge in [-0.2, -0.15) is 0 Å². The summed E-state index contributed by atoms with van der Waals surface area (Å²) in [5, 5.41) is 0.0214. The molecular weight excluding hydrogens is 378 g/mol. The summed E-state index contributed by atoms with van der Waals surface area (Å²) in [7, 11) is 0. The van der Waals surface area contributed by atoms with Gasteiger partial charge in [-0.15, -0.1) is 0 Å². The van der Waals surface area contributed by atoms with Crippen molar-refractivity contribution in [2.75, 3.05) is 0 Å². The summed E-state index contributed by atoms with van der Waals surface area (Å²) in [6, 6.07) is 4.17. The molecule has 0 aliphatic heterocycles. The number of ether oxygens (including phenoxy) is 1. The second-order valence-corrected chi connectivity index (χ2v) is 5.05. The molecule has 0 N–H and O–H groups in total. The van der Waals surface area contributed by atoms with Crippen LogP contribution in [0.2, 0.25) is 5.02 Å². The molecular formula is C10H4Br2ClFN2O. The van der Waals surface area contributed by atoms with Crippen molar-refractivity contribution in [3.8, 4) is 11.6 Å². The standard InChI is InChI=1S/C10H4Br2ClFN2O/c11-5-1-6(13)7(14)2-8(5)17-10-3-9(12)15-4-16-10/h1-4H. The van der Waals surface area contributed by atoms with E-state index in [0.717, 1.165) is 0 Å². The molecule has 3 nitrogen and oxygen atoms in total. The van der Waals surface area contributed by atoms with Crippen LogP contribution < -0.4 is 4.74 Å². The Hall–Kier alpha value is -0.720. The molecule has 1 heterocycles. The van der Waals surface area contributed by atoms with E-state index in [4.69, 9.17) is 16.3 Å². The van der Waals surface area contributed by atoms with Crippen molar-refractivity contribution in [2.24, 2.45) is 0 Å². The van der Waals surface area contributed by atoms with E-state index in [1.165, 1.54) is 18.5 Å². The maximum Gasteiger partial charge on any atom is 0.223 e. The normalized spacial score (nSPS) is 10.4. The SMILES string of the molecule is Fc1cc(Oc2cc(Br)ncn2)c(Br)cc1Cl. The molecule has 7 heteroatoms. The third-order valence-electron chi connectivity index (χ3n) is 1.80. The van der Waals surface area contributed by atoms with Gasteiger partial charge in [0.25, 0.3) is 0 Å². The van der Waals surface area contributed by atoms with Gasteiger partial charge in [0.15, 0.2) is 0 Å². The fourth-order valence-corrected chi connectivity index (χ4v) is 2.08. The molecule has 0 atom stereocenters. The fraction of sp³-hybridized carbons (Fsp3) is 0. The molecule has 0 saturated carbocycles. The molecule has 0 fully saturated rings. The predicted molar refractivity (Wildman–Crippen MR) is 68.9 cm³/mol. The van der Waals surface area contributed by atoms with Crippen LogP contribution >= 0.6 is 43.5 Å². The van der Waals surface area contributed by atoms with Crippen LogP contribution in [0.3, 0.4) is 0 Å². The second kappa shape index (κ2) is 5.29. The number of rotatable bonds is 2. The topological polar surface area (TPSA) is 35.0 Å². The van der Waals surface area contributed by atoms with E-state index in [0.29, 0.717) is 15.0 Å². The first-order valence-electron chi connectivity index (χ1n) is 4.36. The zero-order chi connectivity index (χ0) is 12.4. The van der Waals surface area contributed by atoms with Gasteiger partial charge in [0.2, 0.25) is 5.88 Å². The number of benzene rings is 1. The molecule has 17 heavy (non-hydrogen) atoms. The third kappa shape index (κ3) is 3.14. The lowest BCUT2D eigenvalue weighted by molar-refractivity contribution is 0.453. The number of hydrogen-bond donors (Lipinski definition) is 0. The highest BCUT2D eigenvalue weighted by molar-refractivity contribution is 9.10. The number of hydrogen-bond acceptors (Lipinski definition) is 3. The minimum atomic E-state index is -0.557. The Morgan fingerprint density at radius 3 is 2.65 bits per heavy atom. The molecule has 1 aromatic carbocycles. The molecule has 1 aromatic heterocycles. The zero-order valence-electron chi connectivity index (χ0n) is 8.12. The van der Waals surface area contributed by atoms with E-state index in [1.54, 1.807) is 6.07 Å². The highest BCUT2D eigenvalue weighted by Crippen LogP contribution is 2.33. The Kier molecular flexibility index (Phi) is 3.96. The average Bonchev–Trinajstić information content (AvgIpc) is 2.26. The average molecular weight is 382 g/mol. The van der Waals surface area contributed by atoms with Crippen molar-refractivity contribution in [1.29, 1.82) is 0 Å². The van der Waals surface area contributed by atoms with Crippen molar-refractivity contribution in [3.63, 3.8) is 0 Å². The van der Waals surface area contributed by atoms with Gasteiger partial charge in [-0.3, -0.25) is 0 Å². The van der Waals surface area contributed by atoms with Crippen LogP contribution in [-0.4, -0.2) is 9.97 Å². The van der Waals surface area contributed by atoms with E-state index >= 15 is 0 Å². The van der Waals surface area contributed by atoms with Crippen LogP contribution in [0.15, 0.2) is 33.6 Å². The lowest BCUT2D eigenvalue weighted by atomic mass is 10.3. The summed E-state index contributed by atoms with van der Waals surface area (Å²) in [6.07, 6.45) is 1.33. The molecule has 0 radical (unpaired) electrons. The van der Waals surface area contributed by atoms with Crippen molar-refractivity contribution in [3.05, 3.63) is 44.4 Å². The largest absolute Gasteiger partial charge is 0.438 e. The van der Waals surface area contributed by atoms with Crippen LogP contribution in [0.25, 0.3) is 0 Å². The van der Waals surface area contributed by atoms with Gasteiger partial charge in [0, 0.05) is 12.1 Å². The molecule has 0 aliphatic rings. The molecule has 2 aromatic rings. The molecule has 0 spiro atoms. The maximum absolute atomic E-state index is 13.3. The summed E-state index contributed by atoms with van der Waals surface area (Å²) < 4.78 is 19.8. The lowest BCUT2D eigenvalue weighted by Gasteiger charge is -2.07. The van der Waals surface area contributed by atoms with Gasteiger partial charge in [0.1, 0.15) is 22.5 Å². The van der Waals surface area contributed by atoms with Gasteiger partial charge in [0.05, 0.1) is 9.50 Å². The monoisotopic (exact) mass is 380 g/mol. The Balaban J connectivity index is 2.33. The van der Waals surface area contributed by atoms with Gasteiger partial charge in [-0.05, 0) is 37.9 Å². The number of aromatic nitrogens is 2. The number of halogens is 4. The highest BCUT2D eigenvalue weighted by Gasteiger charge is 2.09. The van der Waals surface area contributed by atoms with E-state index in [-0.39, 0.29) is 10.8 Å². The number of nitrogens with zero attached hydrogens (tertiary/aromatic N) is 2. The molecule has 0 saturated heterocycles. The molecule has 2 rings (SSSR count). The lowest BCUT2D eigenvalue weighted by Crippen LogP contribution is -1.91. The Morgan fingerprint density at radius 2 is 1.94 bits per heavy atom. The van der Waals surface area contributed by atoms with Crippen LogP contribution in [-0.2, 0) is 0 Å². The van der Waals surface area contributed by atoms with Crippen LogP contribution in [0.1, 0.15) is 0 Å². The van der Waals surface area contributed by atoms with Crippen molar-refractivity contribution in [1.82, 2.24) is 9.97 Å². The Labute approximate surface area is 118 Å².